The summed E-state index contributed by atoms with van der Waals surface area (Å²) in [5, 5.41) is 19.8. The summed E-state index contributed by atoms with van der Waals surface area (Å²) in [5.41, 5.74) is -0.722. The van der Waals surface area contributed by atoms with Crippen LogP contribution < -0.4 is 5.32 Å². The second-order valence-corrected chi connectivity index (χ2v) is 4.22. The lowest BCUT2D eigenvalue weighted by atomic mass is 10.1. The predicted octanol–water partition coefficient (Wildman–Crippen LogP) is 2.29. The number of carboxylic acid groups (broad SMARTS) is 1. The molecule has 0 saturated carbocycles. The number of amides is 2. The molecule has 0 heterocycles. The van der Waals surface area contributed by atoms with Gasteiger partial charge in [0.15, 0.2) is 0 Å². The Balaban J connectivity index is 2.94. The normalized spacial score (nSPS) is 11.3. The highest BCUT2D eigenvalue weighted by atomic mass is 19.1. The molecule has 1 aromatic carbocycles. The van der Waals surface area contributed by atoms with Crippen molar-refractivity contribution in [2.24, 2.45) is 0 Å². The Morgan fingerprint density at radius 2 is 2.20 bits per heavy atom. The first-order chi connectivity index (χ1) is 9.38. The molecule has 0 spiro atoms. The minimum absolute atomic E-state index is 0.126. The number of hydrogen-bond acceptors (Lipinski definition) is 3. The third-order valence-electron chi connectivity index (χ3n) is 2.84. The van der Waals surface area contributed by atoms with E-state index in [9.17, 15) is 14.0 Å². The Morgan fingerprint density at radius 3 is 2.75 bits per heavy atom. The molecule has 6 nitrogen and oxygen atoms in total. The van der Waals surface area contributed by atoms with E-state index < -0.39 is 23.4 Å². The van der Waals surface area contributed by atoms with E-state index in [1.807, 2.05) is 6.07 Å². The molecule has 0 radical (unpaired) electrons. The van der Waals surface area contributed by atoms with E-state index in [1.165, 1.54) is 24.1 Å². The molecule has 0 bridgehead atoms. The summed E-state index contributed by atoms with van der Waals surface area (Å²) in [6.45, 7) is 1.67. The SMILES string of the molecule is CC(CC#N)N(C)C(=O)Nc1cccc(F)c1C(=O)O. The van der Waals surface area contributed by atoms with Crippen LogP contribution in [0.3, 0.4) is 0 Å². The average molecular weight is 279 g/mol. The third kappa shape index (κ3) is 3.45. The second-order valence-electron chi connectivity index (χ2n) is 4.22. The van der Waals surface area contributed by atoms with Crippen LogP contribution in [0.5, 0.6) is 0 Å². The molecule has 1 atom stereocenters. The van der Waals surface area contributed by atoms with E-state index in [4.69, 9.17) is 10.4 Å². The number of carbonyl (C=O) groups is 2. The summed E-state index contributed by atoms with van der Waals surface area (Å²) in [7, 11) is 1.47. The maximum absolute atomic E-state index is 13.4. The van der Waals surface area contributed by atoms with Gasteiger partial charge in [0.25, 0.3) is 0 Å². The number of urea groups is 1. The number of carboxylic acids is 1. The van der Waals surface area contributed by atoms with Crippen LogP contribution in [0.25, 0.3) is 0 Å². The van der Waals surface area contributed by atoms with Gasteiger partial charge in [0, 0.05) is 13.1 Å². The van der Waals surface area contributed by atoms with E-state index in [2.05, 4.69) is 5.32 Å². The fraction of sp³-hybridized carbons (Fsp3) is 0.308. The van der Waals surface area contributed by atoms with E-state index in [1.54, 1.807) is 6.92 Å². The van der Waals surface area contributed by atoms with Crippen LogP contribution in [0.4, 0.5) is 14.9 Å². The number of rotatable bonds is 4. The molecule has 0 aliphatic rings. The molecular weight excluding hydrogens is 265 g/mol. The molecule has 2 N–H and O–H groups in total. The highest BCUT2D eigenvalue weighted by Gasteiger charge is 2.20. The van der Waals surface area contributed by atoms with Gasteiger partial charge in [-0.25, -0.2) is 14.0 Å². The Kier molecular flexibility index (Phi) is 5.03. The molecule has 0 aliphatic heterocycles. The van der Waals surface area contributed by atoms with Gasteiger partial charge in [0.1, 0.15) is 11.4 Å². The predicted molar refractivity (Wildman–Crippen MR) is 69.8 cm³/mol. The van der Waals surface area contributed by atoms with Crippen LogP contribution >= 0.6 is 0 Å². The number of halogens is 1. The molecule has 1 rings (SSSR count). The first-order valence-electron chi connectivity index (χ1n) is 5.81. The van der Waals surface area contributed by atoms with Crippen molar-refractivity contribution in [1.29, 1.82) is 5.26 Å². The van der Waals surface area contributed by atoms with Crippen LogP contribution in [0.15, 0.2) is 18.2 Å². The van der Waals surface area contributed by atoms with Gasteiger partial charge < -0.3 is 15.3 Å². The first kappa shape index (κ1) is 15.4. The van der Waals surface area contributed by atoms with E-state index >= 15 is 0 Å². The monoisotopic (exact) mass is 279 g/mol. The number of anilines is 1. The molecule has 0 saturated heterocycles. The van der Waals surface area contributed by atoms with Gasteiger partial charge in [-0.05, 0) is 19.1 Å². The van der Waals surface area contributed by atoms with Crippen molar-refractivity contribution in [1.82, 2.24) is 4.90 Å². The maximum atomic E-state index is 13.4. The molecule has 106 valence electrons. The van der Waals surface area contributed by atoms with Gasteiger partial charge >= 0.3 is 12.0 Å². The van der Waals surface area contributed by atoms with Gasteiger partial charge in [-0.15, -0.1) is 0 Å². The molecule has 1 unspecified atom stereocenters. The van der Waals surface area contributed by atoms with Gasteiger partial charge in [-0.3, -0.25) is 0 Å². The Hall–Kier alpha value is -2.62. The van der Waals surface area contributed by atoms with Gasteiger partial charge in [0.2, 0.25) is 0 Å². The van der Waals surface area contributed by atoms with Crippen molar-refractivity contribution in [3.63, 3.8) is 0 Å². The molecule has 1 aromatic rings. The van der Waals surface area contributed by atoms with Crippen LogP contribution in [-0.2, 0) is 0 Å². The standard InChI is InChI=1S/C13H14FN3O3/c1-8(6-7-15)17(2)13(20)16-10-5-3-4-9(14)11(10)12(18)19/h3-5,8H,6H2,1-2H3,(H,16,20)(H,18,19). The second kappa shape index (κ2) is 6.52. The molecule has 0 aromatic heterocycles. The number of nitriles is 1. The van der Waals surface area contributed by atoms with Crippen molar-refractivity contribution in [2.75, 3.05) is 12.4 Å². The minimum atomic E-state index is -1.47. The number of nitrogens with zero attached hydrogens (tertiary/aromatic N) is 2. The summed E-state index contributed by atoms with van der Waals surface area (Å²) in [6, 6.07) is 4.58. The molecule has 7 heteroatoms. The van der Waals surface area contributed by atoms with Crippen LogP contribution in [0.2, 0.25) is 0 Å². The largest absolute Gasteiger partial charge is 0.478 e. The van der Waals surface area contributed by atoms with Gasteiger partial charge in [0.05, 0.1) is 18.2 Å². The minimum Gasteiger partial charge on any atom is -0.478 e. The zero-order chi connectivity index (χ0) is 15.3. The summed E-state index contributed by atoms with van der Waals surface area (Å²) >= 11 is 0. The fourth-order valence-corrected chi connectivity index (χ4v) is 1.52. The highest BCUT2D eigenvalue weighted by molar-refractivity contribution is 6.00. The lowest BCUT2D eigenvalue weighted by Gasteiger charge is -2.23. The molecule has 0 aliphatic carbocycles. The Bertz CT molecular complexity index is 568. The van der Waals surface area contributed by atoms with E-state index in [-0.39, 0.29) is 18.2 Å². The van der Waals surface area contributed by atoms with Crippen molar-refractivity contribution in [3.05, 3.63) is 29.6 Å². The zero-order valence-corrected chi connectivity index (χ0v) is 11.1. The topological polar surface area (TPSA) is 93.4 Å². The Morgan fingerprint density at radius 1 is 1.55 bits per heavy atom. The third-order valence-corrected chi connectivity index (χ3v) is 2.84. The number of benzene rings is 1. The molecular formula is C13H14FN3O3. The molecule has 0 fully saturated rings. The Labute approximate surface area is 115 Å². The van der Waals surface area contributed by atoms with Crippen molar-refractivity contribution in [3.8, 4) is 6.07 Å². The quantitative estimate of drug-likeness (QED) is 0.884. The maximum Gasteiger partial charge on any atom is 0.340 e. The van der Waals surface area contributed by atoms with Crippen LogP contribution in [-0.4, -0.2) is 35.1 Å². The first-order valence-corrected chi connectivity index (χ1v) is 5.81. The number of aromatic carboxylic acids is 1. The number of nitrogens with one attached hydrogen (secondary N) is 1. The smallest absolute Gasteiger partial charge is 0.340 e. The molecule has 20 heavy (non-hydrogen) atoms. The number of hydrogen-bond donors (Lipinski definition) is 2. The van der Waals surface area contributed by atoms with Crippen molar-refractivity contribution < 1.29 is 19.1 Å². The molecule has 2 amide bonds. The van der Waals surface area contributed by atoms with E-state index in [0.717, 1.165) is 6.07 Å². The summed E-state index contributed by atoms with van der Waals surface area (Å²) < 4.78 is 13.4. The van der Waals surface area contributed by atoms with Crippen LogP contribution in [0, 0.1) is 17.1 Å². The fourth-order valence-electron chi connectivity index (χ4n) is 1.52. The van der Waals surface area contributed by atoms with Gasteiger partial charge in [-0.2, -0.15) is 5.26 Å². The van der Waals surface area contributed by atoms with Crippen LogP contribution in [0.1, 0.15) is 23.7 Å². The average Bonchev–Trinajstić information content (AvgIpc) is 2.37. The summed E-state index contributed by atoms with van der Waals surface area (Å²) in [5.74, 6) is -2.39. The summed E-state index contributed by atoms with van der Waals surface area (Å²) in [4.78, 5) is 24.1. The lowest BCUT2D eigenvalue weighted by Crippen LogP contribution is -2.38. The summed E-state index contributed by atoms with van der Waals surface area (Å²) in [6.07, 6.45) is 0.138. The number of carbonyl (C=O) groups excluding carboxylic acids is 1. The van der Waals surface area contributed by atoms with Gasteiger partial charge in [-0.1, -0.05) is 6.07 Å². The highest BCUT2D eigenvalue weighted by Crippen LogP contribution is 2.19. The van der Waals surface area contributed by atoms with E-state index in [0.29, 0.717) is 0 Å². The lowest BCUT2D eigenvalue weighted by molar-refractivity contribution is 0.0693. The van der Waals surface area contributed by atoms with Crippen molar-refractivity contribution >= 4 is 17.7 Å². The van der Waals surface area contributed by atoms with Crippen molar-refractivity contribution in [2.45, 2.75) is 19.4 Å². The zero-order valence-electron chi connectivity index (χ0n) is 11.1.